The van der Waals surface area contributed by atoms with E-state index in [2.05, 4.69) is 51.1 Å². The summed E-state index contributed by atoms with van der Waals surface area (Å²) in [6.07, 6.45) is 15.2. The fraction of sp³-hybridized carbons (Fsp3) is 0.471. The summed E-state index contributed by atoms with van der Waals surface area (Å²) in [7, 11) is 0. The second-order valence-electron chi connectivity index (χ2n) is 6.24. The number of hydrogen-bond donors (Lipinski definition) is 0. The van der Waals surface area contributed by atoms with Crippen molar-refractivity contribution in [3.63, 3.8) is 0 Å². The van der Waals surface area contributed by atoms with Crippen LogP contribution in [0, 0.1) is 28.6 Å². The van der Waals surface area contributed by atoms with Crippen LogP contribution in [0.25, 0.3) is 0 Å². The van der Waals surface area contributed by atoms with Crippen molar-refractivity contribution in [2.24, 2.45) is 17.3 Å². The Morgan fingerprint density at radius 1 is 1.11 bits per heavy atom. The quantitative estimate of drug-likeness (QED) is 0.658. The molecule has 0 spiro atoms. The maximum Gasteiger partial charge on any atom is 0.0988 e. The van der Waals surface area contributed by atoms with Gasteiger partial charge in [0.25, 0.3) is 0 Å². The molecule has 2 rings (SSSR count). The lowest BCUT2D eigenvalue weighted by Gasteiger charge is -2.30. The molecule has 0 amide bonds. The van der Waals surface area contributed by atoms with Gasteiger partial charge in [0, 0.05) is 11.5 Å². The smallest absolute Gasteiger partial charge is 0.0988 e. The Morgan fingerprint density at radius 2 is 1.89 bits per heavy atom. The van der Waals surface area contributed by atoms with E-state index in [0.717, 1.165) is 18.4 Å². The number of nitrogens with zero attached hydrogens (tertiary/aromatic N) is 1. The number of rotatable bonds is 1. The number of allylic oxidation sites excluding steroid dienone is 8. The van der Waals surface area contributed by atoms with E-state index in [9.17, 15) is 0 Å². The van der Waals surface area contributed by atoms with E-state index in [-0.39, 0.29) is 0 Å². The van der Waals surface area contributed by atoms with Gasteiger partial charge in [-0.05, 0) is 35.8 Å². The highest BCUT2D eigenvalue weighted by atomic mass is 14.3. The summed E-state index contributed by atoms with van der Waals surface area (Å²) in [6.45, 7) is 6.88. The standard InChI is InChI=1S/C17H21N/c1-17(2,3)16-10-8-15(9-11-16)14-6-4-13(12-18)5-7-14/h4-6,8-10,14,16H,7,11H2,1-3H3. The lowest BCUT2D eigenvalue weighted by molar-refractivity contribution is 0.292. The molecule has 0 fully saturated rings. The average molecular weight is 239 g/mol. The molecule has 0 heterocycles. The zero-order chi connectivity index (χ0) is 13.2. The van der Waals surface area contributed by atoms with Gasteiger partial charge in [-0.3, -0.25) is 0 Å². The predicted octanol–water partition coefficient (Wildman–Crippen LogP) is 4.56. The molecule has 0 N–H and O–H groups in total. The summed E-state index contributed by atoms with van der Waals surface area (Å²) < 4.78 is 0. The van der Waals surface area contributed by atoms with Crippen LogP contribution < -0.4 is 0 Å². The topological polar surface area (TPSA) is 23.8 Å². The fourth-order valence-corrected chi connectivity index (χ4v) is 2.50. The van der Waals surface area contributed by atoms with E-state index in [0.29, 0.717) is 17.3 Å². The zero-order valence-electron chi connectivity index (χ0n) is 11.5. The van der Waals surface area contributed by atoms with Crippen LogP contribution in [-0.2, 0) is 0 Å². The first-order valence-electron chi connectivity index (χ1n) is 6.67. The largest absolute Gasteiger partial charge is 0.192 e. The van der Waals surface area contributed by atoms with E-state index in [4.69, 9.17) is 5.26 Å². The van der Waals surface area contributed by atoms with Crippen LogP contribution in [0.2, 0.25) is 0 Å². The molecule has 0 saturated carbocycles. The van der Waals surface area contributed by atoms with Crippen LogP contribution in [0.15, 0.2) is 47.6 Å². The van der Waals surface area contributed by atoms with Crippen molar-refractivity contribution >= 4 is 0 Å². The van der Waals surface area contributed by atoms with Crippen molar-refractivity contribution < 1.29 is 0 Å². The Hall–Kier alpha value is -1.55. The van der Waals surface area contributed by atoms with Gasteiger partial charge in [-0.25, -0.2) is 0 Å². The van der Waals surface area contributed by atoms with Crippen molar-refractivity contribution in [2.45, 2.75) is 33.6 Å². The molecule has 18 heavy (non-hydrogen) atoms. The van der Waals surface area contributed by atoms with Crippen molar-refractivity contribution in [2.75, 3.05) is 0 Å². The van der Waals surface area contributed by atoms with Crippen LogP contribution in [0.5, 0.6) is 0 Å². The molecule has 0 aromatic rings. The first kappa shape index (κ1) is 12.9. The van der Waals surface area contributed by atoms with Gasteiger partial charge in [-0.15, -0.1) is 0 Å². The summed E-state index contributed by atoms with van der Waals surface area (Å²) in [5.41, 5.74) is 2.54. The SMILES string of the molecule is CC(C)(C)C1C=CC(C2C=CC(C#N)=CC2)=CC1. The molecule has 0 aromatic heterocycles. The molecule has 2 unspecified atom stereocenters. The van der Waals surface area contributed by atoms with Crippen molar-refractivity contribution in [3.05, 3.63) is 47.6 Å². The predicted molar refractivity (Wildman–Crippen MR) is 75.7 cm³/mol. The lowest BCUT2D eigenvalue weighted by Crippen LogP contribution is -2.20. The van der Waals surface area contributed by atoms with E-state index in [1.807, 2.05) is 12.2 Å². The van der Waals surface area contributed by atoms with Gasteiger partial charge in [-0.2, -0.15) is 5.26 Å². The Labute approximate surface area is 110 Å². The second-order valence-corrected chi connectivity index (χ2v) is 6.24. The van der Waals surface area contributed by atoms with Gasteiger partial charge >= 0.3 is 0 Å². The van der Waals surface area contributed by atoms with Gasteiger partial charge in [0.05, 0.1) is 6.07 Å². The molecule has 2 aliphatic rings. The Morgan fingerprint density at radius 3 is 2.33 bits per heavy atom. The van der Waals surface area contributed by atoms with Crippen LogP contribution >= 0.6 is 0 Å². The van der Waals surface area contributed by atoms with Gasteiger partial charge in [0.2, 0.25) is 0 Å². The molecule has 2 atom stereocenters. The highest BCUT2D eigenvalue weighted by Gasteiger charge is 2.24. The van der Waals surface area contributed by atoms with E-state index >= 15 is 0 Å². The summed E-state index contributed by atoms with van der Waals surface area (Å²) in [6, 6.07) is 2.19. The third-order valence-corrected chi connectivity index (χ3v) is 3.90. The van der Waals surface area contributed by atoms with Crippen molar-refractivity contribution in [1.82, 2.24) is 0 Å². The molecule has 1 nitrogen and oxygen atoms in total. The molecule has 0 aliphatic heterocycles. The molecule has 0 saturated heterocycles. The van der Waals surface area contributed by atoms with E-state index in [1.54, 1.807) is 0 Å². The lowest BCUT2D eigenvalue weighted by atomic mass is 9.75. The third-order valence-electron chi connectivity index (χ3n) is 3.90. The molecule has 0 radical (unpaired) electrons. The number of nitriles is 1. The van der Waals surface area contributed by atoms with E-state index < -0.39 is 0 Å². The molecular weight excluding hydrogens is 218 g/mol. The minimum absolute atomic E-state index is 0.342. The molecule has 2 aliphatic carbocycles. The summed E-state index contributed by atoms with van der Waals surface area (Å²) in [4.78, 5) is 0. The third kappa shape index (κ3) is 2.82. The maximum absolute atomic E-state index is 8.81. The van der Waals surface area contributed by atoms with Crippen LogP contribution in [0.1, 0.15) is 33.6 Å². The molecule has 0 bridgehead atoms. The minimum atomic E-state index is 0.342. The van der Waals surface area contributed by atoms with Gasteiger partial charge in [0.15, 0.2) is 0 Å². The van der Waals surface area contributed by atoms with Crippen molar-refractivity contribution in [1.29, 1.82) is 5.26 Å². The zero-order valence-corrected chi connectivity index (χ0v) is 11.5. The highest BCUT2D eigenvalue weighted by Crippen LogP contribution is 2.36. The van der Waals surface area contributed by atoms with Gasteiger partial charge < -0.3 is 0 Å². The second kappa shape index (κ2) is 4.98. The fourth-order valence-electron chi connectivity index (χ4n) is 2.50. The van der Waals surface area contributed by atoms with Crippen LogP contribution in [0.4, 0.5) is 0 Å². The van der Waals surface area contributed by atoms with Gasteiger partial charge in [-0.1, -0.05) is 51.2 Å². The van der Waals surface area contributed by atoms with Gasteiger partial charge in [0.1, 0.15) is 0 Å². The Kier molecular flexibility index (Phi) is 3.57. The Bertz CT molecular complexity index is 475. The normalized spacial score (nSPS) is 27.4. The number of hydrogen-bond acceptors (Lipinski definition) is 1. The summed E-state index contributed by atoms with van der Waals surface area (Å²) >= 11 is 0. The molecular formula is C17H21N. The molecule has 94 valence electrons. The molecule has 0 aromatic carbocycles. The summed E-state index contributed by atoms with van der Waals surface area (Å²) in [5, 5.41) is 8.81. The summed E-state index contributed by atoms with van der Waals surface area (Å²) in [5.74, 6) is 1.10. The first-order valence-corrected chi connectivity index (χ1v) is 6.67. The Balaban J connectivity index is 2.02. The van der Waals surface area contributed by atoms with Crippen molar-refractivity contribution in [3.8, 4) is 6.07 Å². The average Bonchev–Trinajstić information content (AvgIpc) is 2.38. The van der Waals surface area contributed by atoms with Crippen LogP contribution in [0.3, 0.4) is 0 Å². The van der Waals surface area contributed by atoms with Crippen LogP contribution in [-0.4, -0.2) is 0 Å². The highest BCUT2D eigenvalue weighted by molar-refractivity contribution is 5.40. The molecule has 1 heteroatoms. The maximum atomic E-state index is 8.81. The minimum Gasteiger partial charge on any atom is -0.192 e. The first-order chi connectivity index (χ1) is 8.50. The van der Waals surface area contributed by atoms with E-state index in [1.165, 1.54) is 5.57 Å². The monoisotopic (exact) mass is 239 g/mol.